The van der Waals surface area contributed by atoms with E-state index in [9.17, 15) is 13.2 Å². The number of ether oxygens (including phenoxy) is 1. The maximum atomic E-state index is 12.3. The SMILES string of the molecule is COC(=O)c1cc(S(=O)(=O)NCC2=CCNCC2)ccc1C.Cl. The number of methoxy groups -OCH3 is 1. The van der Waals surface area contributed by atoms with E-state index in [0.717, 1.165) is 25.1 Å². The summed E-state index contributed by atoms with van der Waals surface area (Å²) in [6.07, 6.45) is 2.81. The van der Waals surface area contributed by atoms with E-state index in [0.29, 0.717) is 5.56 Å². The lowest BCUT2D eigenvalue weighted by molar-refractivity contribution is 0.0599. The van der Waals surface area contributed by atoms with Crippen molar-refractivity contribution >= 4 is 28.4 Å². The lowest BCUT2D eigenvalue weighted by atomic mass is 10.1. The van der Waals surface area contributed by atoms with Crippen LogP contribution in [0.25, 0.3) is 0 Å². The topological polar surface area (TPSA) is 84.5 Å². The number of aryl methyl sites for hydroxylation is 1. The lowest BCUT2D eigenvalue weighted by Crippen LogP contribution is -2.29. The third kappa shape index (κ3) is 5.04. The Morgan fingerprint density at radius 1 is 1.39 bits per heavy atom. The number of nitrogens with one attached hydrogen (secondary N) is 2. The monoisotopic (exact) mass is 360 g/mol. The van der Waals surface area contributed by atoms with Crippen molar-refractivity contribution in [1.82, 2.24) is 10.0 Å². The Kier molecular flexibility index (Phi) is 7.21. The molecule has 0 amide bonds. The fraction of sp³-hybridized carbons (Fsp3) is 0.400. The fourth-order valence-electron chi connectivity index (χ4n) is 2.20. The second-order valence-corrected chi connectivity index (χ2v) is 6.88. The van der Waals surface area contributed by atoms with Crippen LogP contribution in [0.15, 0.2) is 34.7 Å². The van der Waals surface area contributed by atoms with E-state index >= 15 is 0 Å². The molecular formula is C15H21ClN2O4S. The van der Waals surface area contributed by atoms with Crippen molar-refractivity contribution in [3.63, 3.8) is 0 Å². The van der Waals surface area contributed by atoms with E-state index in [1.165, 1.54) is 19.2 Å². The molecule has 0 radical (unpaired) electrons. The average molecular weight is 361 g/mol. The van der Waals surface area contributed by atoms with Crippen LogP contribution in [0.5, 0.6) is 0 Å². The number of halogens is 1. The maximum absolute atomic E-state index is 12.3. The molecule has 0 unspecified atom stereocenters. The van der Waals surface area contributed by atoms with Crippen LogP contribution in [-0.4, -0.2) is 41.1 Å². The molecule has 2 rings (SSSR count). The van der Waals surface area contributed by atoms with Crippen LogP contribution in [0.2, 0.25) is 0 Å². The molecule has 1 aromatic carbocycles. The van der Waals surface area contributed by atoms with Crippen LogP contribution in [0, 0.1) is 6.92 Å². The van der Waals surface area contributed by atoms with Gasteiger partial charge in [0.25, 0.3) is 0 Å². The first-order chi connectivity index (χ1) is 10.4. The minimum Gasteiger partial charge on any atom is -0.465 e. The molecule has 6 nitrogen and oxygen atoms in total. The standard InChI is InChI=1S/C15H20N2O4S.ClH/c1-11-3-4-13(9-14(11)15(18)21-2)22(19,20)17-10-12-5-7-16-8-6-12;/h3-5,9,16-17H,6-8,10H2,1-2H3;1H. The van der Waals surface area contributed by atoms with Gasteiger partial charge in [-0.25, -0.2) is 17.9 Å². The minimum atomic E-state index is -3.66. The molecular weight excluding hydrogens is 340 g/mol. The number of carbonyl (C=O) groups excluding carboxylic acids is 1. The predicted molar refractivity (Wildman–Crippen MR) is 90.5 cm³/mol. The predicted octanol–water partition coefficient (Wildman–Crippen LogP) is 1.40. The first kappa shape index (κ1) is 19.6. The van der Waals surface area contributed by atoms with E-state index < -0.39 is 16.0 Å². The maximum Gasteiger partial charge on any atom is 0.338 e. The van der Waals surface area contributed by atoms with E-state index in [1.807, 2.05) is 6.08 Å². The molecule has 23 heavy (non-hydrogen) atoms. The van der Waals surface area contributed by atoms with Gasteiger partial charge in [0.05, 0.1) is 17.6 Å². The molecule has 2 N–H and O–H groups in total. The highest BCUT2D eigenvalue weighted by atomic mass is 35.5. The highest BCUT2D eigenvalue weighted by Gasteiger charge is 2.18. The molecule has 8 heteroatoms. The fourth-order valence-corrected chi connectivity index (χ4v) is 3.26. The summed E-state index contributed by atoms with van der Waals surface area (Å²) in [5.74, 6) is -0.546. The molecule has 0 bridgehead atoms. The van der Waals surface area contributed by atoms with Crippen molar-refractivity contribution in [2.75, 3.05) is 26.7 Å². The molecule has 0 atom stereocenters. The molecule has 0 aromatic heterocycles. The van der Waals surface area contributed by atoms with Crippen molar-refractivity contribution in [1.29, 1.82) is 0 Å². The summed E-state index contributed by atoms with van der Waals surface area (Å²) in [5, 5.41) is 3.17. The summed E-state index contributed by atoms with van der Waals surface area (Å²) < 4.78 is 31.9. The summed E-state index contributed by atoms with van der Waals surface area (Å²) in [5.41, 5.74) is 1.99. The van der Waals surface area contributed by atoms with Crippen LogP contribution < -0.4 is 10.0 Å². The number of carbonyl (C=O) groups is 1. The van der Waals surface area contributed by atoms with E-state index in [2.05, 4.69) is 14.8 Å². The second kappa shape index (κ2) is 8.44. The van der Waals surface area contributed by atoms with E-state index in [4.69, 9.17) is 0 Å². The van der Waals surface area contributed by atoms with Crippen molar-refractivity contribution in [3.8, 4) is 0 Å². The van der Waals surface area contributed by atoms with Gasteiger partial charge < -0.3 is 10.1 Å². The number of sulfonamides is 1. The molecule has 1 aliphatic heterocycles. The second-order valence-electron chi connectivity index (χ2n) is 5.11. The van der Waals surface area contributed by atoms with Gasteiger partial charge in [0.2, 0.25) is 10.0 Å². The van der Waals surface area contributed by atoms with E-state index in [-0.39, 0.29) is 29.4 Å². The number of esters is 1. The largest absolute Gasteiger partial charge is 0.465 e. The summed E-state index contributed by atoms with van der Waals surface area (Å²) in [7, 11) is -2.39. The van der Waals surface area contributed by atoms with Gasteiger partial charge in [-0.1, -0.05) is 17.7 Å². The number of hydrogen-bond acceptors (Lipinski definition) is 5. The highest BCUT2D eigenvalue weighted by Crippen LogP contribution is 2.17. The molecule has 128 valence electrons. The van der Waals surface area contributed by atoms with Gasteiger partial charge in [-0.15, -0.1) is 12.4 Å². The smallest absolute Gasteiger partial charge is 0.338 e. The molecule has 1 aliphatic rings. The number of benzene rings is 1. The molecule has 0 fully saturated rings. The van der Waals surface area contributed by atoms with Gasteiger partial charge >= 0.3 is 5.97 Å². The normalized spacial score (nSPS) is 14.6. The molecule has 0 saturated heterocycles. The summed E-state index contributed by atoms with van der Waals surface area (Å²) >= 11 is 0. The van der Waals surface area contributed by atoms with Crippen LogP contribution in [-0.2, 0) is 14.8 Å². The van der Waals surface area contributed by atoms with Crippen molar-refractivity contribution in [3.05, 3.63) is 41.0 Å². The van der Waals surface area contributed by atoms with Gasteiger partial charge in [0.1, 0.15) is 0 Å². The minimum absolute atomic E-state index is 0. The van der Waals surface area contributed by atoms with Gasteiger partial charge in [-0.3, -0.25) is 0 Å². The molecule has 0 aliphatic carbocycles. The van der Waals surface area contributed by atoms with E-state index in [1.54, 1.807) is 13.0 Å². The first-order valence-corrected chi connectivity index (χ1v) is 8.49. The quantitative estimate of drug-likeness (QED) is 0.612. The Labute approximate surface area is 142 Å². The molecule has 1 aromatic rings. The Morgan fingerprint density at radius 2 is 2.13 bits per heavy atom. The van der Waals surface area contributed by atoms with Crippen LogP contribution >= 0.6 is 12.4 Å². The van der Waals surface area contributed by atoms with Gasteiger partial charge in [-0.05, 0) is 37.6 Å². The third-order valence-corrected chi connectivity index (χ3v) is 4.97. The Bertz CT molecular complexity index is 701. The third-order valence-electron chi connectivity index (χ3n) is 3.57. The molecule has 1 heterocycles. The Balaban J connectivity index is 0.00000264. The van der Waals surface area contributed by atoms with Crippen molar-refractivity contribution in [2.45, 2.75) is 18.2 Å². The molecule has 0 spiro atoms. The summed E-state index contributed by atoms with van der Waals surface area (Å²) in [6.45, 7) is 3.63. The zero-order chi connectivity index (χ0) is 16.2. The number of rotatable bonds is 5. The van der Waals surface area contributed by atoms with Crippen LogP contribution in [0.3, 0.4) is 0 Å². The van der Waals surface area contributed by atoms with Gasteiger partial charge in [0, 0.05) is 13.1 Å². The summed E-state index contributed by atoms with van der Waals surface area (Å²) in [6, 6.07) is 4.44. The zero-order valence-electron chi connectivity index (χ0n) is 13.1. The van der Waals surface area contributed by atoms with Gasteiger partial charge in [-0.2, -0.15) is 0 Å². The highest BCUT2D eigenvalue weighted by molar-refractivity contribution is 7.89. The number of hydrogen-bond donors (Lipinski definition) is 2. The zero-order valence-corrected chi connectivity index (χ0v) is 14.7. The average Bonchev–Trinajstić information content (AvgIpc) is 2.53. The Morgan fingerprint density at radius 3 is 2.74 bits per heavy atom. The molecule has 0 saturated carbocycles. The van der Waals surface area contributed by atoms with Crippen molar-refractivity contribution < 1.29 is 17.9 Å². The van der Waals surface area contributed by atoms with Crippen LogP contribution in [0.4, 0.5) is 0 Å². The van der Waals surface area contributed by atoms with Crippen LogP contribution in [0.1, 0.15) is 22.3 Å². The van der Waals surface area contributed by atoms with Crippen molar-refractivity contribution in [2.24, 2.45) is 0 Å². The Hall–Kier alpha value is -1.41. The lowest BCUT2D eigenvalue weighted by Gasteiger charge is -2.15. The first-order valence-electron chi connectivity index (χ1n) is 7.01. The van der Waals surface area contributed by atoms with Gasteiger partial charge in [0.15, 0.2) is 0 Å². The summed E-state index contributed by atoms with van der Waals surface area (Å²) in [4.78, 5) is 11.7.